The Bertz CT molecular complexity index is 576. The molecule has 6 aliphatic heterocycles. The lowest BCUT2D eigenvalue weighted by atomic mass is 9.88. The van der Waals surface area contributed by atoms with Gasteiger partial charge in [0.05, 0.1) is 57.8 Å². The highest BCUT2D eigenvalue weighted by Gasteiger charge is 2.53. The van der Waals surface area contributed by atoms with Crippen molar-refractivity contribution >= 4 is 23.2 Å². The Morgan fingerprint density at radius 2 is 1.24 bits per heavy atom. The molecule has 0 radical (unpaired) electrons. The first-order chi connectivity index (χ1) is 11.7. The molecule has 4 bridgehead atoms. The van der Waals surface area contributed by atoms with E-state index in [9.17, 15) is 18.6 Å². The topological polar surface area (TPSA) is 136 Å². The van der Waals surface area contributed by atoms with E-state index in [1.807, 2.05) is 0 Å². The third-order valence-electron chi connectivity index (χ3n) is 4.67. The summed E-state index contributed by atoms with van der Waals surface area (Å²) in [6, 6.07) is 0. The molecule has 1 N–H and O–H groups in total. The monoisotopic (exact) mass is 420 g/mol. The van der Waals surface area contributed by atoms with Crippen LogP contribution in [0.15, 0.2) is 0 Å². The van der Waals surface area contributed by atoms with Crippen molar-refractivity contribution < 1.29 is 50.3 Å². The molecule has 6 heterocycles. The van der Waals surface area contributed by atoms with Crippen LogP contribution in [-0.4, -0.2) is 57.3 Å². The van der Waals surface area contributed by atoms with Gasteiger partial charge in [0.2, 0.25) is 0 Å². The van der Waals surface area contributed by atoms with Crippen LogP contribution in [0.1, 0.15) is 6.42 Å². The molecule has 14 heteroatoms. The van der Waals surface area contributed by atoms with Crippen LogP contribution in [0.3, 0.4) is 0 Å². The molecule has 6 saturated heterocycles. The van der Waals surface area contributed by atoms with Crippen molar-refractivity contribution in [2.24, 2.45) is 10.8 Å². The van der Waals surface area contributed by atoms with Gasteiger partial charge in [-0.2, -0.15) is 0 Å². The number of phosphoric acid groups is 2. The average Bonchev–Trinajstić information content (AvgIpc) is 2.62. The SMILES string of the molecule is O=P(O)(CCC12COP(=O)(OC1)OC2)OCC12COP(=O)(OC1)OC2. The summed E-state index contributed by atoms with van der Waals surface area (Å²) in [6.45, 7) is 0.584. The van der Waals surface area contributed by atoms with E-state index in [0.29, 0.717) is 0 Å². The molecule has 144 valence electrons. The summed E-state index contributed by atoms with van der Waals surface area (Å²) in [6.07, 6.45) is 0.122. The first-order valence-corrected chi connectivity index (χ1v) is 12.4. The Labute approximate surface area is 144 Å². The van der Waals surface area contributed by atoms with Crippen molar-refractivity contribution in [1.29, 1.82) is 0 Å². The minimum absolute atomic E-state index is 0.0824. The van der Waals surface area contributed by atoms with Gasteiger partial charge in [-0.25, -0.2) is 9.13 Å². The lowest BCUT2D eigenvalue weighted by Crippen LogP contribution is -2.47. The van der Waals surface area contributed by atoms with Crippen molar-refractivity contribution in [2.45, 2.75) is 6.42 Å². The third kappa shape index (κ3) is 3.84. The van der Waals surface area contributed by atoms with Crippen LogP contribution in [0, 0.1) is 10.8 Å². The van der Waals surface area contributed by atoms with Crippen LogP contribution in [0.5, 0.6) is 0 Å². The maximum Gasteiger partial charge on any atom is 0.474 e. The Hall–Kier alpha value is 0.370. The molecular weight excluding hydrogens is 401 g/mol. The number of rotatable bonds is 6. The predicted octanol–water partition coefficient (Wildman–Crippen LogP) is 1.92. The molecule has 0 saturated carbocycles. The molecule has 0 aromatic rings. The molecule has 6 rings (SSSR count). The Morgan fingerprint density at radius 1 is 0.840 bits per heavy atom. The molecule has 1 unspecified atom stereocenters. The smallest absolute Gasteiger partial charge is 0.324 e. The van der Waals surface area contributed by atoms with Crippen molar-refractivity contribution in [3.8, 4) is 0 Å². The molecular formula is C11H19O11P3. The summed E-state index contributed by atoms with van der Waals surface area (Å²) in [5.74, 6) is 0. The molecule has 0 amide bonds. The lowest BCUT2D eigenvalue weighted by molar-refractivity contribution is -0.111. The minimum Gasteiger partial charge on any atom is -0.324 e. The molecule has 0 aliphatic carbocycles. The van der Waals surface area contributed by atoms with Gasteiger partial charge < -0.3 is 9.42 Å². The largest absolute Gasteiger partial charge is 0.474 e. The minimum atomic E-state index is -3.91. The zero-order valence-corrected chi connectivity index (χ0v) is 15.9. The zero-order valence-electron chi connectivity index (χ0n) is 13.2. The number of hydrogen-bond donors (Lipinski definition) is 1. The standard InChI is InChI=1S/C11H19O11P3/c12-23(13,2-1-10-3-17-24(14,18-4-10)19-5-10)16-6-11-7-20-25(15,21-8-11)22-9-11/h1-9H2,(H,12,13). The van der Waals surface area contributed by atoms with Crippen LogP contribution in [0.2, 0.25) is 0 Å². The van der Waals surface area contributed by atoms with Crippen molar-refractivity contribution in [1.82, 2.24) is 0 Å². The fourth-order valence-electron chi connectivity index (χ4n) is 2.79. The first kappa shape index (κ1) is 18.7. The second kappa shape index (κ2) is 6.19. The second-order valence-electron chi connectivity index (χ2n) is 6.92. The zero-order chi connectivity index (χ0) is 17.8. The van der Waals surface area contributed by atoms with Gasteiger partial charge in [-0.1, -0.05) is 0 Å². The molecule has 0 aromatic heterocycles. The van der Waals surface area contributed by atoms with Crippen LogP contribution >= 0.6 is 23.2 Å². The molecule has 0 spiro atoms. The Morgan fingerprint density at radius 3 is 1.68 bits per heavy atom. The highest BCUT2D eigenvalue weighted by molar-refractivity contribution is 7.52. The molecule has 6 aliphatic rings. The Balaban J connectivity index is 1.30. The summed E-state index contributed by atoms with van der Waals surface area (Å²) >= 11 is 0. The summed E-state index contributed by atoms with van der Waals surface area (Å²) in [7, 11) is -10.7. The van der Waals surface area contributed by atoms with Gasteiger partial charge in [-0.3, -0.25) is 31.7 Å². The van der Waals surface area contributed by atoms with Gasteiger partial charge in [0.25, 0.3) is 0 Å². The van der Waals surface area contributed by atoms with E-state index in [2.05, 4.69) is 0 Å². The van der Waals surface area contributed by atoms with Crippen LogP contribution < -0.4 is 0 Å². The predicted molar refractivity (Wildman–Crippen MR) is 81.1 cm³/mol. The van der Waals surface area contributed by atoms with E-state index in [1.165, 1.54) is 0 Å². The third-order valence-corrected chi connectivity index (χ3v) is 8.66. The highest BCUT2D eigenvalue weighted by Crippen LogP contribution is 2.62. The van der Waals surface area contributed by atoms with E-state index in [0.717, 1.165) is 0 Å². The van der Waals surface area contributed by atoms with Gasteiger partial charge in [0.1, 0.15) is 0 Å². The lowest BCUT2D eigenvalue weighted by Gasteiger charge is -2.45. The van der Waals surface area contributed by atoms with E-state index in [1.54, 1.807) is 0 Å². The van der Waals surface area contributed by atoms with Gasteiger partial charge in [-0.05, 0) is 6.42 Å². The maximum atomic E-state index is 12.3. The fourth-order valence-corrected chi connectivity index (χ4v) is 7.19. The summed E-state index contributed by atoms with van der Waals surface area (Å²) in [5, 5.41) is 0. The Kier molecular flexibility index (Phi) is 4.64. The van der Waals surface area contributed by atoms with Gasteiger partial charge in [0.15, 0.2) is 0 Å². The van der Waals surface area contributed by atoms with Crippen LogP contribution in [0.25, 0.3) is 0 Å². The van der Waals surface area contributed by atoms with Crippen molar-refractivity contribution in [3.05, 3.63) is 0 Å². The highest BCUT2D eigenvalue weighted by atomic mass is 31.2. The molecule has 0 aromatic carbocycles. The van der Waals surface area contributed by atoms with Gasteiger partial charge >= 0.3 is 23.2 Å². The summed E-state index contributed by atoms with van der Waals surface area (Å²) in [5.41, 5.74) is -1.36. The maximum absolute atomic E-state index is 12.3. The van der Waals surface area contributed by atoms with Crippen molar-refractivity contribution in [2.75, 3.05) is 52.4 Å². The first-order valence-electron chi connectivity index (χ1n) is 7.69. The molecule has 1 atom stereocenters. The van der Waals surface area contributed by atoms with Crippen LogP contribution in [0.4, 0.5) is 0 Å². The molecule has 25 heavy (non-hydrogen) atoms. The van der Waals surface area contributed by atoms with E-state index < -0.39 is 34.1 Å². The fraction of sp³-hybridized carbons (Fsp3) is 1.00. The second-order valence-corrected chi connectivity index (χ2v) is 12.2. The van der Waals surface area contributed by atoms with E-state index >= 15 is 0 Å². The number of hydrogen-bond acceptors (Lipinski definition) is 10. The normalized spacial score (nSPS) is 48.4. The van der Waals surface area contributed by atoms with Crippen LogP contribution in [-0.2, 0) is 45.4 Å². The summed E-state index contributed by atoms with van der Waals surface area (Å²) in [4.78, 5) is 10.1. The van der Waals surface area contributed by atoms with Crippen molar-refractivity contribution in [3.63, 3.8) is 0 Å². The summed E-state index contributed by atoms with van der Waals surface area (Å²) < 4.78 is 71.2. The molecule has 6 fully saturated rings. The number of fused-ring (bicyclic) bond motifs is 6. The van der Waals surface area contributed by atoms with E-state index in [-0.39, 0.29) is 58.8 Å². The van der Waals surface area contributed by atoms with E-state index in [4.69, 9.17) is 31.7 Å². The molecule has 11 nitrogen and oxygen atoms in total. The quantitative estimate of drug-likeness (QED) is 0.631. The van der Waals surface area contributed by atoms with Gasteiger partial charge in [0, 0.05) is 5.41 Å². The number of phosphoric ester groups is 2. The van der Waals surface area contributed by atoms with Gasteiger partial charge in [-0.15, -0.1) is 0 Å². The average molecular weight is 420 g/mol.